The zero-order valence-electron chi connectivity index (χ0n) is 19.0. The van der Waals surface area contributed by atoms with Gasteiger partial charge in [0.2, 0.25) is 0 Å². The van der Waals surface area contributed by atoms with E-state index in [1.807, 2.05) is 26.8 Å². The summed E-state index contributed by atoms with van der Waals surface area (Å²) in [7, 11) is 0. The summed E-state index contributed by atoms with van der Waals surface area (Å²) in [4.78, 5) is 25.2. The highest BCUT2D eigenvalue weighted by molar-refractivity contribution is 5.89. The van der Waals surface area contributed by atoms with Crippen molar-refractivity contribution >= 4 is 11.9 Å². The smallest absolute Gasteiger partial charge is 0.331 e. The Kier molecular flexibility index (Phi) is 3.41. The van der Waals surface area contributed by atoms with E-state index in [4.69, 9.17) is 23.4 Å². The maximum Gasteiger partial charge on any atom is 0.331 e. The van der Waals surface area contributed by atoms with E-state index in [-0.39, 0.29) is 48.3 Å². The van der Waals surface area contributed by atoms with Crippen molar-refractivity contribution in [3.05, 3.63) is 36.3 Å². The van der Waals surface area contributed by atoms with E-state index in [0.717, 1.165) is 18.4 Å². The van der Waals surface area contributed by atoms with E-state index in [2.05, 4.69) is 0 Å². The van der Waals surface area contributed by atoms with Gasteiger partial charge in [-0.2, -0.15) is 0 Å². The topological polar surface area (TPSA) is 108 Å². The lowest BCUT2D eigenvalue weighted by Gasteiger charge is -2.36. The number of rotatable bonds is 4. The highest BCUT2D eigenvalue weighted by atomic mass is 16.7. The molecule has 8 heteroatoms. The zero-order valence-corrected chi connectivity index (χ0v) is 19.0. The largest absolute Gasteiger partial charge is 0.472 e. The standard InChI is InChI=1S/C25H28O8/c1-20(2)15(21(3)7-5-17(26)32-21)10-23(28,33-20)13-25-16(31-25)4-8-22-12-24(22,25)19(27)30-18(22)14-6-9-29-11-14/h5-7,9,11,15-16,18,28H,4,8,10,12-13H2,1-3H3. The van der Waals surface area contributed by atoms with Crippen LogP contribution in [0.15, 0.2) is 35.2 Å². The first kappa shape index (κ1) is 20.2. The number of fused-ring (bicyclic) bond motifs is 1. The minimum absolute atomic E-state index is 0.0987. The molecule has 7 rings (SSSR count). The molecule has 0 spiro atoms. The third-order valence-electron chi connectivity index (χ3n) is 9.53. The Morgan fingerprint density at radius 1 is 1.21 bits per heavy atom. The van der Waals surface area contributed by atoms with E-state index in [9.17, 15) is 14.7 Å². The number of hydrogen-bond acceptors (Lipinski definition) is 8. The predicted molar refractivity (Wildman–Crippen MR) is 110 cm³/mol. The first-order valence-corrected chi connectivity index (χ1v) is 11.8. The van der Waals surface area contributed by atoms with Crippen LogP contribution < -0.4 is 0 Å². The Morgan fingerprint density at radius 2 is 2.03 bits per heavy atom. The molecular weight excluding hydrogens is 428 g/mol. The summed E-state index contributed by atoms with van der Waals surface area (Å²) in [5.41, 5.74) is -2.64. The van der Waals surface area contributed by atoms with E-state index in [0.29, 0.717) is 6.42 Å². The van der Waals surface area contributed by atoms with Gasteiger partial charge in [0.25, 0.3) is 0 Å². The van der Waals surface area contributed by atoms with Crippen molar-refractivity contribution in [1.29, 1.82) is 0 Å². The van der Waals surface area contributed by atoms with Crippen molar-refractivity contribution < 1.29 is 38.1 Å². The van der Waals surface area contributed by atoms with Crippen LogP contribution in [0.25, 0.3) is 0 Å². The number of furan rings is 1. The first-order valence-electron chi connectivity index (χ1n) is 11.8. The molecule has 8 unspecified atom stereocenters. The maximum absolute atomic E-state index is 13.4. The summed E-state index contributed by atoms with van der Waals surface area (Å²) in [6.07, 6.45) is 8.77. The molecule has 1 aromatic rings. The summed E-state index contributed by atoms with van der Waals surface area (Å²) in [5.74, 6) is -2.40. The number of aliphatic hydroxyl groups is 1. The van der Waals surface area contributed by atoms with E-state index in [1.165, 1.54) is 6.08 Å². The minimum Gasteiger partial charge on any atom is -0.472 e. The van der Waals surface area contributed by atoms with Gasteiger partial charge < -0.3 is 28.5 Å². The highest BCUT2D eigenvalue weighted by Crippen LogP contribution is 2.88. The Balaban J connectivity index is 1.21. The van der Waals surface area contributed by atoms with Gasteiger partial charge in [-0.15, -0.1) is 0 Å². The van der Waals surface area contributed by atoms with Gasteiger partial charge in [-0.1, -0.05) is 0 Å². The van der Waals surface area contributed by atoms with Crippen molar-refractivity contribution in [1.82, 2.24) is 0 Å². The van der Waals surface area contributed by atoms with Crippen LogP contribution >= 0.6 is 0 Å². The molecule has 0 aromatic carbocycles. The molecule has 0 radical (unpaired) electrons. The van der Waals surface area contributed by atoms with Gasteiger partial charge in [-0.25, -0.2) is 4.79 Å². The van der Waals surface area contributed by atoms with Gasteiger partial charge in [-0.3, -0.25) is 4.79 Å². The average molecular weight is 456 g/mol. The Hall–Kier alpha value is -2.16. The van der Waals surface area contributed by atoms with E-state index in [1.54, 1.807) is 18.6 Å². The van der Waals surface area contributed by atoms with Crippen molar-refractivity contribution in [3.63, 3.8) is 0 Å². The van der Waals surface area contributed by atoms with Gasteiger partial charge >= 0.3 is 11.9 Å². The molecule has 1 aromatic heterocycles. The number of hydrogen-bond donors (Lipinski definition) is 1. The molecule has 8 atom stereocenters. The van der Waals surface area contributed by atoms with Crippen LogP contribution in [0.1, 0.15) is 64.5 Å². The average Bonchev–Trinajstić information content (AvgIpc) is 3.33. The molecule has 8 nitrogen and oxygen atoms in total. The van der Waals surface area contributed by atoms with Crippen LogP contribution in [0.3, 0.4) is 0 Å². The fourth-order valence-corrected chi connectivity index (χ4v) is 8.20. The van der Waals surface area contributed by atoms with E-state index < -0.39 is 28.0 Å². The molecule has 4 aliphatic heterocycles. The van der Waals surface area contributed by atoms with Crippen LogP contribution in [0, 0.1) is 16.7 Å². The first-order chi connectivity index (χ1) is 15.5. The van der Waals surface area contributed by atoms with Gasteiger partial charge in [-0.05, 0) is 52.2 Å². The lowest BCUT2D eigenvalue weighted by Crippen LogP contribution is -2.47. The van der Waals surface area contributed by atoms with Crippen LogP contribution in [0.2, 0.25) is 0 Å². The Bertz CT molecular complexity index is 1110. The number of epoxide rings is 1. The molecule has 1 N–H and O–H groups in total. The quantitative estimate of drug-likeness (QED) is 0.544. The molecule has 2 saturated carbocycles. The summed E-state index contributed by atoms with van der Waals surface area (Å²) in [5, 5.41) is 11.7. The number of carbonyl (C=O) groups excluding carboxylic acids is 2. The lowest BCUT2D eigenvalue weighted by molar-refractivity contribution is -0.231. The molecule has 0 bridgehead atoms. The summed E-state index contributed by atoms with van der Waals surface area (Å²) in [6, 6.07) is 1.85. The molecule has 176 valence electrons. The second-order valence-electron chi connectivity index (χ2n) is 11.6. The van der Waals surface area contributed by atoms with Crippen molar-refractivity contribution in [2.45, 2.75) is 87.7 Å². The highest BCUT2D eigenvalue weighted by Gasteiger charge is 2.95. The Labute approximate surface area is 191 Å². The molecule has 0 amide bonds. The summed E-state index contributed by atoms with van der Waals surface area (Å²) < 4.78 is 29.4. The SMILES string of the molecule is CC1(C)OC(O)(CC23OC2CCC24CC23C(=O)OC4c2ccoc2)CC1C1(C)C=CC(=O)O1. The van der Waals surface area contributed by atoms with E-state index >= 15 is 0 Å². The van der Waals surface area contributed by atoms with Gasteiger partial charge in [0.1, 0.15) is 22.7 Å². The molecule has 5 fully saturated rings. The third-order valence-corrected chi connectivity index (χ3v) is 9.53. The summed E-state index contributed by atoms with van der Waals surface area (Å²) in [6.45, 7) is 5.66. The van der Waals surface area contributed by atoms with Gasteiger partial charge in [0.05, 0.1) is 24.2 Å². The fourth-order valence-electron chi connectivity index (χ4n) is 8.20. The van der Waals surface area contributed by atoms with Crippen molar-refractivity contribution in [2.24, 2.45) is 16.7 Å². The molecule has 2 aliphatic carbocycles. The lowest BCUT2D eigenvalue weighted by atomic mass is 9.67. The normalized spacial score (nSPS) is 52.7. The number of esters is 2. The van der Waals surface area contributed by atoms with Crippen LogP contribution in [-0.4, -0.2) is 45.7 Å². The number of carbonyl (C=O) groups is 2. The molecule has 5 heterocycles. The Morgan fingerprint density at radius 3 is 2.73 bits per heavy atom. The second kappa shape index (κ2) is 5.56. The molecule has 3 saturated heterocycles. The molecule has 33 heavy (non-hydrogen) atoms. The number of ether oxygens (including phenoxy) is 4. The van der Waals surface area contributed by atoms with Gasteiger partial charge in [0, 0.05) is 35.8 Å². The van der Waals surface area contributed by atoms with Crippen LogP contribution in [0.5, 0.6) is 0 Å². The zero-order chi connectivity index (χ0) is 23.1. The number of cyclic esters (lactones) is 2. The molecular formula is C25H28O8. The minimum atomic E-state index is -1.51. The van der Waals surface area contributed by atoms with Crippen LogP contribution in [0.4, 0.5) is 0 Å². The second-order valence-corrected chi connectivity index (χ2v) is 11.6. The van der Waals surface area contributed by atoms with Crippen molar-refractivity contribution in [3.8, 4) is 0 Å². The monoisotopic (exact) mass is 456 g/mol. The maximum atomic E-state index is 13.4. The predicted octanol–water partition coefficient (Wildman–Crippen LogP) is 2.95. The third kappa shape index (κ3) is 2.23. The van der Waals surface area contributed by atoms with Gasteiger partial charge in [0.15, 0.2) is 5.79 Å². The molecule has 6 aliphatic rings. The van der Waals surface area contributed by atoms with Crippen LogP contribution in [-0.2, 0) is 28.5 Å². The summed E-state index contributed by atoms with van der Waals surface area (Å²) >= 11 is 0. The van der Waals surface area contributed by atoms with Crippen molar-refractivity contribution in [2.75, 3.05) is 0 Å². The fraction of sp³-hybridized carbons (Fsp3) is 0.680.